The molecule has 0 bridgehead atoms. The van der Waals surface area contributed by atoms with E-state index in [0.717, 1.165) is 0 Å². The standard InChI is InChI=1S/C23H21NO3/c1-2-21(27-18-13-7-4-8-14-18)23(26)24-20-16-10-9-15-19(20)22(25)17-11-5-3-6-12-17/h3-16,21H,2H2,1H3,(H,24,26)/t21-/m1/s1. The zero-order valence-corrected chi connectivity index (χ0v) is 15.1. The molecule has 0 saturated heterocycles. The topological polar surface area (TPSA) is 55.4 Å². The molecular weight excluding hydrogens is 338 g/mol. The van der Waals surface area contributed by atoms with E-state index in [1.54, 1.807) is 36.4 Å². The smallest absolute Gasteiger partial charge is 0.265 e. The first-order valence-corrected chi connectivity index (χ1v) is 8.90. The zero-order valence-electron chi connectivity index (χ0n) is 15.1. The summed E-state index contributed by atoms with van der Waals surface area (Å²) in [7, 11) is 0. The lowest BCUT2D eigenvalue weighted by Crippen LogP contribution is -2.32. The summed E-state index contributed by atoms with van der Waals surface area (Å²) in [6.07, 6.45) is -0.137. The summed E-state index contributed by atoms with van der Waals surface area (Å²) in [5.41, 5.74) is 1.50. The molecule has 4 heteroatoms. The van der Waals surface area contributed by atoms with Gasteiger partial charge in [-0.25, -0.2) is 0 Å². The Morgan fingerprint density at radius 3 is 2.11 bits per heavy atom. The Kier molecular flexibility index (Phi) is 6.00. The van der Waals surface area contributed by atoms with Gasteiger partial charge in [-0.2, -0.15) is 0 Å². The Labute approximate surface area is 158 Å². The number of benzene rings is 3. The Balaban J connectivity index is 1.79. The molecule has 0 fully saturated rings. The summed E-state index contributed by atoms with van der Waals surface area (Å²) < 4.78 is 5.79. The minimum atomic E-state index is -0.646. The minimum Gasteiger partial charge on any atom is -0.481 e. The predicted octanol–water partition coefficient (Wildman–Crippen LogP) is 4.71. The normalized spacial score (nSPS) is 11.4. The predicted molar refractivity (Wildman–Crippen MR) is 106 cm³/mol. The van der Waals surface area contributed by atoms with Crippen LogP contribution in [0.15, 0.2) is 84.9 Å². The van der Waals surface area contributed by atoms with E-state index in [1.807, 2.05) is 55.5 Å². The molecule has 0 aliphatic rings. The molecule has 0 aliphatic carbocycles. The number of carbonyl (C=O) groups is 2. The van der Waals surface area contributed by atoms with E-state index in [1.165, 1.54) is 0 Å². The van der Waals surface area contributed by atoms with Crippen LogP contribution in [-0.4, -0.2) is 17.8 Å². The van der Waals surface area contributed by atoms with Crippen molar-refractivity contribution in [2.75, 3.05) is 5.32 Å². The Morgan fingerprint density at radius 2 is 1.44 bits per heavy atom. The molecule has 0 unspecified atom stereocenters. The van der Waals surface area contributed by atoms with Crippen molar-refractivity contribution in [2.45, 2.75) is 19.4 Å². The van der Waals surface area contributed by atoms with Crippen LogP contribution in [0.1, 0.15) is 29.3 Å². The quantitative estimate of drug-likeness (QED) is 0.621. The molecule has 27 heavy (non-hydrogen) atoms. The SMILES string of the molecule is CC[C@@H](Oc1ccccc1)C(=O)Nc1ccccc1C(=O)c1ccccc1. The van der Waals surface area contributed by atoms with Crippen LogP contribution >= 0.6 is 0 Å². The van der Waals surface area contributed by atoms with Gasteiger partial charge in [0.15, 0.2) is 11.9 Å². The fourth-order valence-electron chi connectivity index (χ4n) is 2.73. The lowest BCUT2D eigenvalue weighted by molar-refractivity contribution is -0.122. The molecule has 0 spiro atoms. The van der Waals surface area contributed by atoms with Gasteiger partial charge in [0.25, 0.3) is 5.91 Å². The maximum atomic E-state index is 12.8. The molecule has 0 radical (unpaired) electrons. The number of anilines is 1. The second-order valence-electron chi connectivity index (χ2n) is 6.06. The van der Waals surface area contributed by atoms with Gasteiger partial charge in [0, 0.05) is 11.1 Å². The van der Waals surface area contributed by atoms with Gasteiger partial charge >= 0.3 is 0 Å². The Bertz CT molecular complexity index is 907. The third-order valence-electron chi connectivity index (χ3n) is 4.15. The van der Waals surface area contributed by atoms with Gasteiger partial charge in [-0.1, -0.05) is 67.6 Å². The summed E-state index contributed by atoms with van der Waals surface area (Å²) >= 11 is 0. The van der Waals surface area contributed by atoms with Crippen LogP contribution in [0.3, 0.4) is 0 Å². The van der Waals surface area contributed by atoms with Gasteiger partial charge in [0.2, 0.25) is 0 Å². The highest BCUT2D eigenvalue weighted by atomic mass is 16.5. The number of rotatable bonds is 7. The molecule has 136 valence electrons. The van der Waals surface area contributed by atoms with Crippen molar-refractivity contribution in [3.8, 4) is 5.75 Å². The summed E-state index contributed by atoms with van der Waals surface area (Å²) in [5, 5.41) is 2.85. The molecule has 3 aromatic carbocycles. The number of ketones is 1. The second-order valence-corrected chi connectivity index (χ2v) is 6.06. The van der Waals surface area contributed by atoms with Crippen LogP contribution in [0.2, 0.25) is 0 Å². The summed E-state index contributed by atoms with van der Waals surface area (Å²) in [6.45, 7) is 1.88. The van der Waals surface area contributed by atoms with E-state index in [-0.39, 0.29) is 11.7 Å². The largest absolute Gasteiger partial charge is 0.481 e. The van der Waals surface area contributed by atoms with Crippen molar-refractivity contribution in [3.05, 3.63) is 96.1 Å². The zero-order chi connectivity index (χ0) is 19.1. The van der Waals surface area contributed by atoms with Gasteiger partial charge in [0.05, 0.1) is 5.69 Å². The molecular formula is C23H21NO3. The molecule has 0 heterocycles. The van der Waals surface area contributed by atoms with Crippen molar-refractivity contribution < 1.29 is 14.3 Å². The molecule has 0 aromatic heterocycles. The molecule has 1 amide bonds. The number of para-hydroxylation sites is 2. The van der Waals surface area contributed by atoms with Crippen molar-refractivity contribution >= 4 is 17.4 Å². The summed E-state index contributed by atoms with van der Waals surface area (Å²) in [4.78, 5) is 25.5. The van der Waals surface area contributed by atoms with E-state index >= 15 is 0 Å². The number of ether oxygens (including phenoxy) is 1. The fraction of sp³-hybridized carbons (Fsp3) is 0.130. The van der Waals surface area contributed by atoms with Crippen LogP contribution in [0.5, 0.6) is 5.75 Å². The van der Waals surface area contributed by atoms with Crippen molar-refractivity contribution in [2.24, 2.45) is 0 Å². The first-order valence-electron chi connectivity index (χ1n) is 8.90. The molecule has 0 aliphatic heterocycles. The second kappa shape index (κ2) is 8.81. The van der Waals surface area contributed by atoms with E-state index < -0.39 is 6.10 Å². The first kappa shape index (κ1) is 18.4. The van der Waals surface area contributed by atoms with Gasteiger partial charge in [-0.3, -0.25) is 9.59 Å². The van der Waals surface area contributed by atoms with Gasteiger partial charge in [0.1, 0.15) is 5.75 Å². The van der Waals surface area contributed by atoms with Crippen LogP contribution < -0.4 is 10.1 Å². The highest BCUT2D eigenvalue weighted by molar-refractivity contribution is 6.14. The average Bonchev–Trinajstić information content (AvgIpc) is 2.73. The van der Waals surface area contributed by atoms with Crippen LogP contribution in [0.25, 0.3) is 0 Å². The third kappa shape index (κ3) is 4.61. The van der Waals surface area contributed by atoms with Gasteiger partial charge in [-0.05, 0) is 30.7 Å². The highest BCUT2D eigenvalue weighted by Crippen LogP contribution is 2.21. The fourth-order valence-corrected chi connectivity index (χ4v) is 2.73. The first-order chi connectivity index (χ1) is 13.2. The summed E-state index contributed by atoms with van der Waals surface area (Å²) in [6, 6.07) is 25.2. The van der Waals surface area contributed by atoms with Crippen molar-refractivity contribution in [3.63, 3.8) is 0 Å². The monoisotopic (exact) mass is 359 g/mol. The molecule has 4 nitrogen and oxygen atoms in total. The lowest BCUT2D eigenvalue weighted by atomic mass is 10.0. The number of amides is 1. The van der Waals surface area contributed by atoms with Gasteiger partial charge < -0.3 is 10.1 Å². The molecule has 1 N–H and O–H groups in total. The van der Waals surface area contributed by atoms with Crippen LogP contribution in [-0.2, 0) is 4.79 Å². The number of carbonyl (C=O) groups excluding carboxylic acids is 2. The molecule has 1 atom stereocenters. The molecule has 3 rings (SSSR count). The minimum absolute atomic E-state index is 0.136. The van der Waals surface area contributed by atoms with E-state index in [2.05, 4.69) is 5.32 Å². The lowest BCUT2D eigenvalue weighted by Gasteiger charge is -2.18. The highest BCUT2D eigenvalue weighted by Gasteiger charge is 2.21. The average molecular weight is 359 g/mol. The van der Waals surface area contributed by atoms with Gasteiger partial charge in [-0.15, -0.1) is 0 Å². The van der Waals surface area contributed by atoms with Crippen LogP contribution in [0.4, 0.5) is 5.69 Å². The van der Waals surface area contributed by atoms with Crippen molar-refractivity contribution in [1.29, 1.82) is 0 Å². The Hall–Kier alpha value is -3.40. The number of nitrogens with one attached hydrogen (secondary N) is 1. The maximum Gasteiger partial charge on any atom is 0.265 e. The van der Waals surface area contributed by atoms with E-state index in [9.17, 15) is 9.59 Å². The summed E-state index contributed by atoms with van der Waals surface area (Å²) in [5.74, 6) is 0.214. The maximum absolute atomic E-state index is 12.8. The van der Waals surface area contributed by atoms with E-state index in [0.29, 0.717) is 29.0 Å². The molecule has 0 saturated carbocycles. The van der Waals surface area contributed by atoms with Crippen LogP contribution in [0, 0.1) is 0 Å². The Morgan fingerprint density at radius 1 is 0.852 bits per heavy atom. The van der Waals surface area contributed by atoms with E-state index in [4.69, 9.17) is 4.74 Å². The molecule has 3 aromatic rings. The number of hydrogen-bond donors (Lipinski definition) is 1. The van der Waals surface area contributed by atoms with Crippen molar-refractivity contribution in [1.82, 2.24) is 0 Å². The number of hydrogen-bond acceptors (Lipinski definition) is 3. The third-order valence-corrected chi connectivity index (χ3v) is 4.15.